The van der Waals surface area contributed by atoms with Gasteiger partial charge in [-0.05, 0) is 76.1 Å². The van der Waals surface area contributed by atoms with Gasteiger partial charge in [0.15, 0.2) is 0 Å². The Labute approximate surface area is 249 Å². The summed E-state index contributed by atoms with van der Waals surface area (Å²) < 4.78 is 17.8. The lowest BCUT2D eigenvalue weighted by atomic mass is 9.92. The molecule has 0 saturated heterocycles. The summed E-state index contributed by atoms with van der Waals surface area (Å²) in [5, 5.41) is 10.9. The van der Waals surface area contributed by atoms with Gasteiger partial charge in [0.1, 0.15) is 23.7 Å². The number of β-amino-alcohol motifs (C(OH)–C–C–N with tert-alkyl or cyclic N) is 1. The van der Waals surface area contributed by atoms with Gasteiger partial charge in [-0.2, -0.15) is 0 Å². The van der Waals surface area contributed by atoms with E-state index in [1.807, 2.05) is 26.8 Å². The summed E-state index contributed by atoms with van der Waals surface area (Å²) in [5.41, 5.74) is 2.66. The molecular weight excluding hydrogens is 534 g/mol. The third kappa shape index (κ3) is 7.55. The minimum absolute atomic E-state index is 0.0289. The molecule has 2 aromatic carbocycles. The molecule has 42 heavy (non-hydrogen) atoms. The Kier molecular flexibility index (Phi) is 9.28. The highest BCUT2D eigenvalue weighted by Crippen LogP contribution is 2.32. The number of hydrogen-bond acceptors (Lipinski definition) is 7. The van der Waals surface area contributed by atoms with Gasteiger partial charge < -0.3 is 29.1 Å². The molecule has 2 amide bonds. The van der Waals surface area contributed by atoms with Gasteiger partial charge in [-0.3, -0.25) is 9.69 Å². The van der Waals surface area contributed by atoms with Gasteiger partial charge >= 0.3 is 6.09 Å². The first-order valence-corrected chi connectivity index (χ1v) is 15.2. The summed E-state index contributed by atoms with van der Waals surface area (Å²) in [5.74, 6) is 1.05. The molecule has 1 fully saturated rings. The molecule has 9 nitrogen and oxygen atoms in total. The summed E-state index contributed by atoms with van der Waals surface area (Å²) in [7, 11) is 1.80. The predicted octanol–water partition coefficient (Wildman–Crippen LogP) is 4.50. The normalized spacial score (nSPS) is 21.8. The van der Waals surface area contributed by atoms with E-state index in [0.29, 0.717) is 36.8 Å². The maximum absolute atomic E-state index is 13.4. The maximum atomic E-state index is 13.4. The number of amides is 2. The van der Waals surface area contributed by atoms with Crippen molar-refractivity contribution in [2.75, 3.05) is 39.8 Å². The molecule has 1 atom stereocenters. The van der Waals surface area contributed by atoms with E-state index >= 15 is 0 Å². The van der Waals surface area contributed by atoms with Gasteiger partial charge in [0, 0.05) is 45.3 Å². The fourth-order valence-corrected chi connectivity index (χ4v) is 6.13. The number of hydrogen-bond donors (Lipinski definition) is 1. The molecule has 1 N–H and O–H groups in total. The topological polar surface area (TPSA) is 91.8 Å². The molecule has 2 heterocycles. The second kappa shape index (κ2) is 12.9. The number of carbonyl (C=O) groups excluding carboxylic acids is 2. The molecule has 0 bridgehead atoms. The molecule has 9 heteroatoms. The van der Waals surface area contributed by atoms with Crippen molar-refractivity contribution >= 4 is 12.0 Å². The largest absolute Gasteiger partial charge is 0.491 e. The highest BCUT2D eigenvalue weighted by atomic mass is 16.6. The number of carbonyl (C=O) groups is 2. The molecular formula is C33H45N3O6. The van der Waals surface area contributed by atoms with Crippen LogP contribution in [0.4, 0.5) is 4.79 Å². The second-order valence-electron chi connectivity index (χ2n) is 12.8. The van der Waals surface area contributed by atoms with E-state index in [9.17, 15) is 14.7 Å². The van der Waals surface area contributed by atoms with Crippen LogP contribution in [0.15, 0.2) is 42.5 Å². The molecule has 2 aliphatic heterocycles. The zero-order chi connectivity index (χ0) is 29.9. The second-order valence-corrected chi connectivity index (χ2v) is 12.8. The molecule has 2 aromatic rings. The van der Waals surface area contributed by atoms with Crippen molar-refractivity contribution in [1.82, 2.24) is 14.7 Å². The Morgan fingerprint density at radius 1 is 1.07 bits per heavy atom. The molecule has 5 rings (SSSR count). The standard InChI is InChI=1S/C33H45N3O6/c1-33(2,3)42-32(39)34(4)25-9-11-27(12-10-25)41-28-13-14-29-30(19-28)40-18-17-36(31(29)38)22-26(37)21-35-16-15-23-7-5-6-8-24(23)20-35/h5-8,13-14,19,25-27,37H,9-12,15-18,20-22H2,1-4H3. The van der Waals surface area contributed by atoms with E-state index in [1.54, 1.807) is 29.0 Å². The molecule has 3 aliphatic rings. The van der Waals surface area contributed by atoms with Gasteiger partial charge in [0.05, 0.1) is 24.3 Å². The van der Waals surface area contributed by atoms with E-state index in [4.69, 9.17) is 14.2 Å². The van der Waals surface area contributed by atoms with Crippen LogP contribution in [0.25, 0.3) is 0 Å². The Bertz CT molecular complexity index is 1250. The van der Waals surface area contributed by atoms with E-state index in [-0.39, 0.29) is 30.7 Å². The summed E-state index contributed by atoms with van der Waals surface area (Å²) in [6, 6.07) is 14.0. The van der Waals surface area contributed by atoms with Crippen molar-refractivity contribution in [3.63, 3.8) is 0 Å². The van der Waals surface area contributed by atoms with Crippen LogP contribution in [0.3, 0.4) is 0 Å². The fourth-order valence-electron chi connectivity index (χ4n) is 6.13. The first-order valence-electron chi connectivity index (χ1n) is 15.2. The Hall–Kier alpha value is -3.30. The Balaban J connectivity index is 1.12. The van der Waals surface area contributed by atoms with Crippen LogP contribution >= 0.6 is 0 Å². The summed E-state index contributed by atoms with van der Waals surface area (Å²) in [6.45, 7) is 8.89. The molecule has 0 aromatic heterocycles. The van der Waals surface area contributed by atoms with Crippen molar-refractivity contribution < 1.29 is 28.9 Å². The first-order chi connectivity index (χ1) is 20.1. The molecule has 1 saturated carbocycles. The van der Waals surface area contributed by atoms with Crippen LogP contribution in [0.5, 0.6) is 11.5 Å². The molecule has 1 unspecified atom stereocenters. The number of rotatable bonds is 7. The zero-order valence-corrected chi connectivity index (χ0v) is 25.4. The van der Waals surface area contributed by atoms with Crippen LogP contribution < -0.4 is 9.47 Å². The zero-order valence-electron chi connectivity index (χ0n) is 25.4. The van der Waals surface area contributed by atoms with Crippen molar-refractivity contribution in [3.05, 3.63) is 59.2 Å². The van der Waals surface area contributed by atoms with Crippen molar-refractivity contribution in [1.29, 1.82) is 0 Å². The first kappa shape index (κ1) is 30.2. The number of nitrogens with zero attached hydrogens (tertiary/aromatic N) is 3. The summed E-state index contributed by atoms with van der Waals surface area (Å²) >= 11 is 0. The third-order valence-corrected chi connectivity index (χ3v) is 8.37. The van der Waals surface area contributed by atoms with Crippen LogP contribution in [0.2, 0.25) is 0 Å². The highest BCUT2D eigenvalue weighted by Gasteiger charge is 2.31. The van der Waals surface area contributed by atoms with E-state index in [1.165, 1.54) is 11.1 Å². The lowest BCUT2D eigenvalue weighted by Gasteiger charge is -2.35. The van der Waals surface area contributed by atoms with Crippen LogP contribution in [0, 0.1) is 0 Å². The number of benzene rings is 2. The fraction of sp³-hybridized carbons (Fsp3) is 0.576. The molecule has 228 valence electrons. The lowest BCUT2D eigenvalue weighted by Crippen LogP contribution is -2.44. The minimum atomic E-state index is -0.646. The third-order valence-electron chi connectivity index (χ3n) is 8.37. The van der Waals surface area contributed by atoms with Crippen molar-refractivity contribution in [2.24, 2.45) is 0 Å². The van der Waals surface area contributed by atoms with Crippen LogP contribution in [0.1, 0.15) is 67.9 Å². The van der Waals surface area contributed by atoms with Gasteiger partial charge in [-0.25, -0.2) is 4.79 Å². The average Bonchev–Trinajstić information content (AvgIpc) is 3.10. The quantitative estimate of drug-likeness (QED) is 0.517. The number of ether oxygens (including phenoxy) is 3. The number of aliphatic hydroxyl groups excluding tert-OH is 1. The number of aliphatic hydroxyl groups is 1. The maximum Gasteiger partial charge on any atom is 0.410 e. The monoisotopic (exact) mass is 579 g/mol. The van der Waals surface area contributed by atoms with E-state index in [0.717, 1.165) is 45.2 Å². The van der Waals surface area contributed by atoms with E-state index < -0.39 is 11.7 Å². The predicted molar refractivity (Wildman–Crippen MR) is 160 cm³/mol. The van der Waals surface area contributed by atoms with Gasteiger partial charge in [0.2, 0.25) is 0 Å². The van der Waals surface area contributed by atoms with Gasteiger partial charge in [-0.1, -0.05) is 24.3 Å². The van der Waals surface area contributed by atoms with Gasteiger partial charge in [-0.15, -0.1) is 0 Å². The Morgan fingerprint density at radius 3 is 2.55 bits per heavy atom. The summed E-state index contributed by atoms with van der Waals surface area (Å²) in [6.07, 6.45) is 3.38. The van der Waals surface area contributed by atoms with Crippen molar-refractivity contribution in [2.45, 2.75) is 83.3 Å². The van der Waals surface area contributed by atoms with Crippen LogP contribution in [-0.2, 0) is 17.7 Å². The lowest BCUT2D eigenvalue weighted by molar-refractivity contribution is 0.0139. The molecule has 0 radical (unpaired) electrons. The van der Waals surface area contributed by atoms with E-state index in [2.05, 4.69) is 29.2 Å². The average molecular weight is 580 g/mol. The molecule has 1 aliphatic carbocycles. The number of fused-ring (bicyclic) bond motifs is 2. The minimum Gasteiger partial charge on any atom is -0.491 e. The van der Waals surface area contributed by atoms with Crippen LogP contribution in [-0.4, -0.2) is 95.5 Å². The highest BCUT2D eigenvalue weighted by molar-refractivity contribution is 5.97. The van der Waals surface area contributed by atoms with Crippen molar-refractivity contribution in [3.8, 4) is 11.5 Å². The summed E-state index contributed by atoms with van der Waals surface area (Å²) in [4.78, 5) is 31.5. The molecule has 0 spiro atoms. The SMILES string of the molecule is CN(C(=O)OC(C)(C)C)C1CCC(Oc2ccc3c(c2)OCCN(CC(O)CN2CCc4ccccc4C2)C3=O)CC1. The Morgan fingerprint density at radius 2 is 1.81 bits per heavy atom. The smallest absolute Gasteiger partial charge is 0.410 e. The van der Waals surface area contributed by atoms with Gasteiger partial charge in [0.25, 0.3) is 5.91 Å².